The van der Waals surface area contributed by atoms with E-state index in [1.165, 1.54) is 0 Å². The molecule has 0 bridgehead atoms. The van der Waals surface area contributed by atoms with Crippen LogP contribution in [0.1, 0.15) is 5.82 Å². The molecule has 5 heteroatoms. The molecule has 4 nitrogen and oxygen atoms in total. The van der Waals surface area contributed by atoms with Gasteiger partial charge in [0.05, 0.1) is 5.75 Å². The summed E-state index contributed by atoms with van der Waals surface area (Å²) in [7, 11) is 0. The van der Waals surface area contributed by atoms with E-state index in [4.69, 9.17) is 0 Å². The fourth-order valence-corrected chi connectivity index (χ4v) is 1.51. The van der Waals surface area contributed by atoms with Crippen molar-refractivity contribution in [3.8, 4) is 11.4 Å². The van der Waals surface area contributed by atoms with Gasteiger partial charge in [0.15, 0.2) is 5.82 Å². The maximum atomic E-state index is 4.03. The van der Waals surface area contributed by atoms with Gasteiger partial charge in [0.25, 0.3) is 0 Å². The first kappa shape index (κ1) is 10.0. The van der Waals surface area contributed by atoms with Crippen molar-refractivity contribution in [3.05, 3.63) is 36.2 Å². The predicted octanol–water partition coefficient (Wildman–Crippen LogP) is 1.80. The van der Waals surface area contributed by atoms with Crippen molar-refractivity contribution >= 4 is 11.8 Å². The van der Waals surface area contributed by atoms with Crippen molar-refractivity contribution in [3.63, 3.8) is 0 Å². The van der Waals surface area contributed by atoms with Crippen LogP contribution in [0.2, 0.25) is 0 Å². The van der Waals surface area contributed by atoms with Gasteiger partial charge in [-0.2, -0.15) is 11.8 Å². The highest BCUT2D eigenvalue weighted by molar-refractivity contribution is 7.97. The third-order valence-corrected chi connectivity index (χ3v) is 2.37. The molecular formula is C10H10N4S. The van der Waals surface area contributed by atoms with Gasteiger partial charge in [-0.05, 0) is 6.26 Å². The Labute approximate surface area is 92.2 Å². The summed E-state index contributed by atoms with van der Waals surface area (Å²) < 4.78 is 0. The number of rotatable bonds is 3. The third kappa shape index (κ3) is 2.50. The molecule has 2 aromatic rings. The Bertz CT molecular complexity index is 415. The van der Waals surface area contributed by atoms with Gasteiger partial charge in [0.2, 0.25) is 5.82 Å². The van der Waals surface area contributed by atoms with Crippen molar-refractivity contribution in [2.24, 2.45) is 0 Å². The molecule has 1 heterocycles. The van der Waals surface area contributed by atoms with E-state index in [1.807, 2.05) is 36.6 Å². The summed E-state index contributed by atoms with van der Waals surface area (Å²) in [5, 5.41) is 16.1. The highest BCUT2D eigenvalue weighted by atomic mass is 32.2. The average molecular weight is 218 g/mol. The van der Waals surface area contributed by atoms with Crippen LogP contribution in [0, 0.1) is 0 Å². The van der Waals surface area contributed by atoms with Crippen LogP contribution in [-0.4, -0.2) is 26.7 Å². The van der Waals surface area contributed by atoms with Crippen LogP contribution in [0.25, 0.3) is 11.4 Å². The first-order valence-electron chi connectivity index (χ1n) is 4.51. The minimum absolute atomic E-state index is 0.570. The molecule has 1 aromatic heterocycles. The summed E-state index contributed by atoms with van der Waals surface area (Å²) >= 11 is 1.65. The number of hydrogen-bond donors (Lipinski definition) is 0. The van der Waals surface area contributed by atoms with E-state index < -0.39 is 0 Å². The fraction of sp³-hybridized carbons (Fsp3) is 0.200. The summed E-state index contributed by atoms with van der Waals surface area (Å²) in [6.07, 6.45) is 1.99. The van der Waals surface area contributed by atoms with Crippen LogP contribution in [0.5, 0.6) is 0 Å². The van der Waals surface area contributed by atoms with Crippen LogP contribution in [-0.2, 0) is 5.75 Å². The monoisotopic (exact) mass is 218 g/mol. The zero-order valence-electron chi connectivity index (χ0n) is 8.29. The van der Waals surface area contributed by atoms with E-state index in [0.717, 1.165) is 11.3 Å². The van der Waals surface area contributed by atoms with Crippen LogP contribution >= 0.6 is 11.8 Å². The largest absolute Gasteiger partial charge is 0.203 e. The molecule has 0 radical (unpaired) electrons. The van der Waals surface area contributed by atoms with Gasteiger partial charge < -0.3 is 0 Å². The van der Waals surface area contributed by atoms with Gasteiger partial charge in [-0.1, -0.05) is 30.3 Å². The van der Waals surface area contributed by atoms with E-state index in [1.54, 1.807) is 11.8 Å². The van der Waals surface area contributed by atoms with Crippen molar-refractivity contribution < 1.29 is 0 Å². The van der Waals surface area contributed by atoms with Gasteiger partial charge in [-0.3, -0.25) is 0 Å². The lowest BCUT2D eigenvalue weighted by molar-refractivity contribution is 0.809. The highest BCUT2D eigenvalue weighted by Crippen LogP contribution is 2.11. The predicted molar refractivity (Wildman–Crippen MR) is 60.3 cm³/mol. The van der Waals surface area contributed by atoms with Crippen molar-refractivity contribution in [2.45, 2.75) is 5.75 Å². The number of benzene rings is 1. The Morgan fingerprint density at radius 2 is 1.67 bits per heavy atom. The molecule has 1 aromatic carbocycles. The topological polar surface area (TPSA) is 51.6 Å². The van der Waals surface area contributed by atoms with E-state index in [9.17, 15) is 0 Å². The van der Waals surface area contributed by atoms with E-state index >= 15 is 0 Å². The second-order valence-corrected chi connectivity index (χ2v) is 3.80. The number of aromatic nitrogens is 4. The molecule has 0 N–H and O–H groups in total. The molecule has 0 aliphatic carbocycles. The molecule has 2 rings (SSSR count). The molecule has 0 amide bonds. The Morgan fingerprint density at radius 1 is 1.00 bits per heavy atom. The van der Waals surface area contributed by atoms with Gasteiger partial charge in [0.1, 0.15) is 0 Å². The summed E-state index contributed by atoms with van der Waals surface area (Å²) in [6.45, 7) is 0. The minimum atomic E-state index is 0.570. The number of thioether (sulfide) groups is 1. The molecule has 0 fully saturated rings. The second kappa shape index (κ2) is 4.84. The molecule has 0 atom stereocenters. The molecule has 0 unspecified atom stereocenters. The maximum Gasteiger partial charge on any atom is 0.203 e. The summed E-state index contributed by atoms with van der Waals surface area (Å²) in [5.41, 5.74) is 0.938. The molecular weight excluding hydrogens is 208 g/mol. The lowest BCUT2D eigenvalue weighted by Gasteiger charge is -1.98. The Hall–Kier alpha value is -1.49. The first-order valence-corrected chi connectivity index (χ1v) is 5.90. The Morgan fingerprint density at radius 3 is 2.27 bits per heavy atom. The molecule has 15 heavy (non-hydrogen) atoms. The van der Waals surface area contributed by atoms with E-state index in [-0.39, 0.29) is 0 Å². The van der Waals surface area contributed by atoms with Gasteiger partial charge in [-0.15, -0.1) is 20.4 Å². The quantitative estimate of drug-likeness (QED) is 0.786. The average Bonchev–Trinajstić information content (AvgIpc) is 2.32. The zero-order chi connectivity index (χ0) is 10.5. The molecule has 0 aliphatic heterocycles. The number of nitrogens with zero attached hydrogens (tertiary/aromatic N) is 4. The van der Waals surface area contributed by atoms with Crippen molar-refractivity contribution in [1.29, 1.82) is 0 Å². The smallest absolute Gasteiger partial charge is 0.157 e. The van der Waals surface area contributed by atoms with Crippen molar-refractivity contribution in [1.82, 2.24) is 20.4 Å². The Balaban J connectivity index is 2.24. The van der Waals surface area contributed by atoms with E-state index in [0.29, 0.717) is 11.6 Å². The van der Waals surface area contributed by atoms with Gasteiger partial charge in [-0.25, -0.2) is 0 Å². The Kier molecular flexibility index (Phi) is 3.24. The van der Waals surface area contributed by atoms with Crippen LogP contribution in [0.4, 0.5) is 0 Å². The fourth-order valence-electron chi connectivity index (χ4n) is 1.14. The molecule has 0 spiro atoms. The maximum absolute atomic E-state index is 4.03. The van der Waals surface area contributed by atoms with Crippen molar-refractivity contribution in [2.75, 3.05) is 6.26 Å². The number of hydrogen-bond acceptors (Lipinski definition) is 5. The molecule has 0 saturated heterocycles. The highest BCUT2D eigenvalue weighted by Gasteiger charge is 2.02. The third-order valence-electron chi connectivity index (χ3n) is 1.83. The van der Waals surface area contributed by atoms with Crippen LogP contribution in [0.3, 0.4) is 0 Å². The standard InChI is InChI=1S/C10H10N4S/c1-15-7-9-11-13-10(14-12-9)8-5-3-2-4-6-8/h2-6H,7H2,1H3. The summed E-state index contributed by atoms with van der Waals surface area (Å²) in [6, 6.07) is 9.70. The lowest BCUT2D eigenvalue weighted by atomic mass is 10.2. The van der Waals surface area contributed by atoms with Gasteiger partial charge in [0, 0.05) is 5.56 Å². The normalized spacial score (nSPS) is 10.2. The van der Waals surface area contributed by atoms with Crippen LogP contribution < -0.4 is 0 Å². The first-order chi connectivity index (χ1) is 7.40. The molecule has 76 valence electrons. The molecule has 0 aliphatic rings. The molecule has 0 saturated carbocycles. The van der Waals surface area contributed by atoms with E-state index in [2.05, 4.69) is 20.4 Å². The second-order valence-electron chi connectivity index (χ2n) is 2.94. The van der Waals surface area contributed by atoms with Crippen LogP contribution in [0.15, 0.2) is 30.3 Å². The SMILES string of the molecule is CSCc1nnc(-c2ccccc2)nn1. The lowest BCUT2D eigenvalue weighted by Crippen LogP contribution is -2.01. The van der Waals surface area contributed by atoms with Gasteiger partial charge >= 0.3 is 0 Å². The zero-order valence-corrected chi connectivity index (χ0v) is 9.11. The minimum Gasteiger partial charge on any atom is -0.157 e. The summed E-state index contributed by atoms with van der Waals surface area (Å²) in [5.74, 6) is 1.98. The summed E-state index contributed by atoms with van der Waals surface area (Å²) in [4.78, 5) is 0.